The van der Waals surface area contributed by atoms with E-state index in [0.29, 0.717) is 35.9 Å². The van der Waals surface area contributed by atoms with Gasteiger partial charge in [-0.05, 0) is 44.3 Å². The Morgan fingerprint density at radius 2 is 1.94 bits per heavy atom. The summed E-state index contributed by atoms with van der Waals surface area (Å²) in [4.78, 5) is 11.0. The minimum absolute atomic E-state index is 0.0512. The fraction of sp³-hybridized carbons (Fsp3) is 0.250. The van der Waals surface area contributed by atoms with Crippen molar-refractivity contribution in [2.45, 2.75) is 13.8 Å². The van der Waals surface area contributed by atoms with Gasteiger partial charge in [-0.3, -0.25) is 10.1 Å². The Balaban J connectivity index is 2.07. The monoisotopic (exact) mass is 443 g/mol. The molecule has 3 aromatic rings. The first-order chi connectivity index (χ1) is 15.0. The van der Waals surface area contributed by atoms with Gasteiger partial charge in [-0.2, -0.15) is 14.9 Å². The standard InChI is InChI=1S/C20H21N5O5S/c1-4-29-16-9-7-6-8-14(16)19-22-23-20(31)24(19)21-12-13-10-15(25(26)27)18(28-3)17(11-13)30-5-2/h6-12H,4-5H2,1-3H3,(H,23,31)/b21-12-. The van der Waals surface area contributed by atoms with E-state index in [2.05, 4.69) is 15.3 Å². The summed E-state index contributed by atoms with van der Waals surface area (Å²) in [5, 5.41) is 22.9. The molecule has 1 heterocycles. The van der Waals surface area contributed by atoms with E-state index in [-0.39, 0.29) is 22.0 Å². The van der Waals surface area contributed by atoms with Crippen molar-refractivity contribution in [2.24, 2.45) is 5.10 Å². The van der Waals surface area contributed by atoms with Crippen LogP contribution in [0.2, 0.25) is 0 Å². The molecular weight excluding hydrogens is 422 g/mol. The van der Waals surface area contributed by atoms with Crippen LogP contribution in [-0.2, 0) is 0 Å². The van der Waals surface area contributed by atoms with Gasteiger partial charge in [-0.1, -0.05) is 12.1 Å². The molecule has 0 aliphatic rings. The van der Waals surface area contributed by atoms with Crippen molar-refractivity contribution >= 4 is 24.1 Å². The second-order valence-corrected chi connectivity index (χ2v) is 6.49. The zero-order chi connectivity index (χ0) is 22.4. The molecule has 3 rings (SSSR count). The van der Waals surface area contributed by atoms with Crippen LogP contribution in [0.3, 0.4) is 0 Å². The predicted octanol–water partition coefficient (Wildman–Crippen LogP) is 4.20. The highest BCUT2D eigenvalue weighted by Crippen LogP contribution is 2.38. The Labute approximate surface area is 183 Å². The summed E-state index contributed by atoms with van der Waals surface area (Å²) >= 11 is 5.31. The summed E-state index contributed by atoms with van der Waals surface area (Å²) in [6.07, 6.45) is 1.44. The number of rotatable bonds is 9. The number of hydrogen-bond donors (Lipinski definition) is 1. The number of nitro groups is 1. The largest absolute Gasteiger partial charge is 0.493 e. The molecule has 10 nitrogen and oxygen atoms in total. The zero-order valence-corrected chi connectivity index (χ0v) is 18.0. The number of para-hydroxylation sites is 1. The van der Waals surface area contributed by atoms with Crippen LogP contribution in [0, 0.1) is 14.9 Å². The molecule has 0 amide bonds. The molecule has 0 fully saturated rings. The SMILES string of the molecule is CCOc1ccccc1-c1n[nH]c(=S)n1/N=C\c1cc(OCC)c(OC)c([N+](=O)[O-])c1. The van der Waals surface area contributed by atoms with Gasteiger partial charge in [0.05, 0.1) is 37.0 Å². The zero-order valence-electron chi connectivity index (χ0n) is 17.2. The third kappa shape index (κ3) is 4.72. The molecule has 1 aromatic heterocycles. The number of benzene rings is 2. The second kappa shape index (κ2) is 9.85. The first-order valence-corrected chi connectivity index (χ1v) is 9.84. The third-order valence-corrected chi connectivity index (χ3v) is 4.42. The molecule has 0 bridgehead atoms. The van der Waals surface area contributed by atoms with Crippen LogP contribution in [-0.4, -0.2) is 46.3 Å². The van der Waals surface area contributed by atoms with Crippen LogP contribution in [0.25, 0.3) is 11.4 Å². The number of nitro benzene ring substituents is 1. The summed E-state index contributed by atoms with van der Waals surface area (Å²) in [6, 6.07) is 10.3. The van der Waals surface area contributed by atoms with E-state index >= 15 is 0 Å². The highest BCUT2D eigenvalue weighted by Gasteiger charge is 2.21. The summed E-state index contributed by atoms with van der Waals surface area (Å²) in [5.41, 5.74) is 0.903. The maximum atomic E-state index is 11.5. The number of H-pyrrole nitrogens is 1. The summed E-state index contributed by atoms with van der Waals surface area (Å²) in [5.74, 6) is 1.38. The molecule has 0 unspecified atom stereocenters. The van der Waals surface area contributed by atoms with Gasteiger partial charge < -0.3 is 14.2 Å². The maximum absolute atomic E-state index is 11.5. The molecular formula is C20H21N5O5S. The van der Waals surface area contributed by atoms with Crippen molar-refractivity contribution in [3.63, 3.8) is 0 Å². The van der Waals surface area contributed by atoms with Crippen molar-refractivity contribution in [1.29, 1.82) is 0 Å². The average molecular weight is 443 g/mol. The van der Waals surface area contributed by atoms with Crippen LogP contribution in [0.1, 0.15) is 19.4 Å². The van der Waals surface area contributed by atoms with Crippen molar-refractivity contribution in [2.75, 3.05) is 20.3 Å². The van der Waals surface area contributed by atoms with E-state index in [1.807, 2.05) is 31.2 Å². The third-order valence-electron chi connectivity index (χ3n) is 4.16. The number of aromatic amines is 1. The first kappa shape index (κ1) is 22.0. The molecule has 11 heteroatoms. The number of aromatic nitrogens is 3. The summed E-state index contributed by atoms with van der Waals surface area (Å²) in [6.45, 7) is 4.47. The lowest BCUT2D eigenvalue weighted by Gasteiger charge is -2.10. The fourth-order valence-electron chi connectivity index (χ4n) is 2.92. The van der Waals surface area contributed by atoms with Crippen LogP contribution in [0.4, 0.5) is 5.69 Å². The summed E-state index contributed by atoms with van der Waals surface area (Å²) < 4.78 is 18.0. The van der Waals surface area contributed by atoms with E-state index < -0.39 is 4.92 Å². The maximum Gasteiger partial charge on any atom is 0.315 e. The number of nitrogens with zero attached hydrogens (tertiary/aromatic N) is 4. The molecule has 31 heavy (non-hydrogen) atoms. The number of hydrogen-bond acceptors (Lipinski definition) is 8. The van der Waals surface area contributed by atoms with Gasteiger partial charge in [-0.25, -0.2) is 5.10 Å². The smallest absolute Gasteiger partial charge is 0.315 e. The molecule has 0 aliphatic heterocycles. The molecule has 0 atom stereocenters. The Morgan fingerprint density at radius 1 is 1.23 bits per heavy atom. The van der Waals surface area contributed by atoms with Crippen molar-refractivity contribution in [3.8, 4) is 28.6 Å². The van der Waals surface area contributed by atoms with Crippen LogP contribution >= 0.6 is 12.2 Å². The number of ether oxygens (including phenoxy) is 3. The van der Waals surface area contributed by atoms with E-state index in [4.69, 9.17) is 26.4 Å². The van der Waals surface area contributed by atoms with E-state index in [1.165, 1.54) is 24.1 Å². The van der Waals surface area contributed by atoms with Gasteiger partial charge in [0, 0.05) is 11.6 Å². The van der Waals surface area contributed by atoms with Gasteiger partial charge in [0.1, 0.15) is 5.75 Å². The Hall–Kier alpha value is -3.73. The van der Waals surface area contributed by atoms with Gasteiger partial charge in [0.25, 0.3) is 0 Å². The predicted molar refractivity (Wildman–Crippen MR) is 118 cm³/mol. The Kier molecular flexibility index (Phi) is 6.98. The average Bonchev–Trinajstić information content (AvgIpc) is 3.13. The molecule has 2 aromatic carbocycles. The molecule has 0 aliphatic carbocycles. The molecule has 1 N–H and O–H groups in total. The van der Waals surface area contributed by atoms with Crippen LogP contribution in [0.5, 0.6) is 17.2 Å². The van der Waals surface area contributed by atoms with Crippen molar-refractivity contribution < 1.29 is 19.1 Å². The minimum Gasteiger partial charge on any atom is -0.493 e. The molecule has 0 saturated heterocycles. The highest BCUT2D eigenvalue weighted by atomic mass is 32.1. The van der Waals surface area contributed by atoms with E-state index in [0.717, 1.165) is 0 Å². The minimum atomic E-state index is -0.536. The van der Waals surface area contributed by atoms with Crippen molar-refractivity contribution in [3.05, 3.63) is 56.8 Å². The molecule has 0 saturated carbocycles. The normalized spacial score (nSPS) is 10.9. The van der Waals surface area contributed by atoms with Gasteiger partial charge in [0.15, 0.2) is 11.6 Å². The molecule has 162 valence electrons. The lowest BCUT2D eigenvalue weighted by Crippen LogP contribution is -2.02. The topological polar surface area (TPSA) is 117 Å². The molecule has 0 spiro atoms. The van der Waals surface area contributed by atoms with E-state index in [1.54, 1.807) is 13.0 Å². The Bertz CT molecular complexity index is 1170. The number of nitrogens with one attached hydrogen (secondary N) is 1. The van der Waals surface area contributed by atoms with E-state index in [9.17, 15) is 10.1 Å². The van der Waals surface area contributed by atoms with Crippen LogP contribution < -0.4 is 14.2 Å². The van der Waals surface area contributed by atoms with Gasteiger partial charge in [-0.15, -0.1) is 0 Å². The number of methoxy groups -OCH3 is 1. The summed E-state index contributed by atoms with van der Waals surface area (Å²) in [7, 11) is 1.35. The quantitative estimate of drug-likeness (QED) is 0.228. The lowest BCUT2D eigenvalue weighted by atomic mass is 10.2. The highest BCUT2D eigenvalue weighted by molar-refractivity contribution is 7.71. The van der Waals surface area contributed by atoms with Crippen molar-refractivity contribution in [1.82, 2.24) is 14.9 Å². The van der Waals surface area contributed by atoms with Crippen LogP contribution in [0.15, 0.2) is 41.5 Å². The second-order valence-electron chi connectivity index (χ2n) is 6.10. The fourth-order valence-corrected chi connectivity index (χ4v) is 3.10. The lowest BCUT2D eigenvalue weighted by molar-refractivity contribution is -0.385. The molecule has 0 radical (unpaired) electrons. The van der Waals surface area contributed by atoms with Gasteiger partial charge in [0.2, 0.25) is 10.5 Å². The van der Waals surface area contributed by atoms with Gasteiger partial charge >= 0.3 is 5.69 Å². The first-order valence-electron chi connectivity index (χ1n) is 9.43. The Morgan fingerprint density at radius 3 is 2.61 bits per heavy atom.